The fraction of sp³-hybridized carbons (Fsp3) is 0.0435. The van der Waals surface area contributed by atoms with Crippen LogP contribution >= 0.6 is 27.5 Å². The molecule has 7 nitrogen and oxygen atoms in total. The molecule has 162 valence electrons. The van der Waals surface area contributed by atoms with Gasteiger partial charge in [-0.1, -0.05) is 29.8 Å². The molecule has 0 saturated heterocycles. The molecule has 0 aliphatic carbocycles. The van der Waals surface area contributed by atoms with Gasteiger partial charge in [-0.3, -0.25) is 19.7 Å². The summed E-state index contributed by atoms with van der Waals surface area (Å²) >= 11 is 9.36. The number of hydrogen-bond donors (Lipinski definition) is 2. The molecule has 3 aromatic carbocycles. The van der Waals surface area contributed by atoms with E-state index in [1.54, 1.807) is 42.5 Å². The van der Waals surface area contributed by atoms with Gasteiger partial charge in [0.25, 0.3) is 17.5 Å². The minimum atomic E-state index is -0.575. The number of non-ortho nitro benzene ring substituents is 1. The van der Waals surface area contributed by atoms with E-state index in [-0.39, 0.29) is 11.4 Å². The summed E-state index contributed by atoms with van der Waals surface area (Å²) in [7, 11) is 0. The Bertz CT molecular complexity index is 1230. The number of benzene rings is 3. The lowest BCUT2D eigenvalue weighted by Gasteiger charge is -2.13. The van der Waals surface area contributed by atoms with Crippen LogP contribution in [0.5, 0.6) is 0 Å². The monoisotopic (exact) mass is 513 g/mol. The number of amides is 2. The van der Waals surface area contributed by atoms with E-state index in [0.29, 0.717) is 26.3 Å². The lowest BCUT2D eigenvalue weighted by molar-refractivity contribution is -0.384. The van der Waals surface area contributed by atoms with Crippen LogP contribution in [0.3, 0.4) is 0 Å². The lowest BCUT2D eigenvalue weighted by atomic mass is 10.1. The van der Waals surface area contributed by atoms with E-state index in [1.807, 2.05) is 6.92 Å². The standard InChI is InChI=1S/C23H17BrClN3O4/c1-14-6-9-16(25)13-20(14)26-23(30)21(12-15-7-10-17(11-8-15)28(31)32)27-22(29)18-4-2-3-5-19(18)24/h2-13H,1H3,(H,26,30)(H,27,29). The second-order valence-electron chi connectivity index (χ2n) is 6.75. The van der Waals surface area contributed by atoms with Crippen LogP contribution in [0, 0.1) is 17.0 Å². The number of anilines is 1. The van der Waals surface area contributed by atoms with Crippen LogP contribution in [0.4, 0.5) is 11.4 Å². The molecule has 0 saturated carbocycles. The molecule has 0 spiro atoms. The molecule has 0 radical (unpaired) electrons. The predicted octanol–water partition coefficient (Wildman–Crippen LogP) is 5.73. The number of hydrogen-bond acceptors (Lipinski definition) is 4. The van der Waals surface area contributed by atoms with Crippen LogP contribution in [-0.2, 0) is 4.79 Å². The van der Waals surface area contributed by atoms with Gasteiger partial charge in [0.2, 0.25) is 0 Å². The van der Waals surface area contributed by atoms with E-state index < -0.39 is 16.7 Å². The molecule has 3 rings (SSSR count). The molecule has 0 aliphatic rings. The third kappa shape index (κ3) is 5.81. The molecule has 2 amide bonds. The smallest absolute Gasteiger partial charge is 0.272 e. The molecule has 3 aromatic rings. The molecule has 0 bridgehead atoms. The zero-order valence-corrected chi connectivity index (χ0v) is 19.1. The maximum Gasteiger partial charge on any atom is 0.272 e. The van der Waals surface area contributed by atoms with Crippen molar-refractivity contribution >= 4 is 56.8 Å². The maximum absolute atomic E-state index is 13.1. The number of nitro groups is 1. The first kappa shape index (κ1) is 23.2. The predicted molar refractivity (Wildman–Crippen MR) is 128 cm³/mol. The fourth-order valence-corrected chi connectivity index (χ4v) is 3.41. The summed E-state index contributed by atoms with van der Waals surface area (Å²) in [5, 5.41) is 16.7. The summed E-state index contributed by atoms with van der Waals surface area (Å²) in [5.74, 6) is -1.07. The summed E-state index contributed by atoms with van der Waals surface area (Å²) < 4.78 is 0.568. The van der Waals surface area contributed by atoms with Gasteiger partial charge in [-0.05, 0) is 76.5 Å². The van der Waals surface area contributed by atoms with Gasteiger partial charge >= 0.3 is 0 Å². The number of rotatable bonds is 6. The van der Waals surface area contributed by atoms with Gasteiger partial charge < -0.3 is 10.6 Å². The van der Waals surface area contributed by atoms with Crippen molar-refractivity contribution in [1.82, 2.24) is 5.32 Å². The van der Waals surface area contributed by atoms with Crippen LogP contribution in [0.2, 0.25) is 5.02 Å². The van der Waals surface area contributed by atoms with Crippen LogP contribution in [0.25, 0.3) is 6.08 Å². The highest BCUT2D eigenvalue weighted by Crippen LogP contribution is 2.22. The van der Waals surface area contributed by atoms with Crippen molar-refractivity contribution in [2.45, 2.75) is 6.92 Å². The first-order chi connectivity index (χ1) is 15.2. The molecule has 0 fully saturated rings. The molecule has 9 heteroatoms. The average Bonchev–Trinajstić information content (AvgIpc) is 2.76. The second-order valence-corrected chi connectivity index (χ2v) is 8.04. The number of carbonyl (C=O) groups excluding carboxylic acids is 2. The summed E-state index contributed by atoms with van der Waals surface area (Å²) in [6, 6.07) is 17.5. The number of nitrogens with zero attached hydrogens (tertiary/aromatic N) is 1. The third-order valence-corrected chi connectivity index (χ3v) is 5.40. The van der Waals surface area contributed by atoms with Crippen LogP contribution < -0.4 is 10.6 Å². The van der Waals surface area contributed by atoms with E-state index in [4.69, 9.17) is 11.6 Å². The minimum absolute atomic E-state index is 0.0426. The van der Waals surface area contributed by atoms with Gasteiger partial charge in [0.05, 0.1) is 10.5 Å². The first-order valence-electron chi connectivity index (χ1n) is 9.34. The van der Waals surface area contributed by atoms with Gasteiger partial charge in [0.15, 0.2) is 0 Å². The molecule has 2 N–H and O–H groups in total. The highest BCUT2D eigenvalue weighted by Gasteiger charge is 2.17. The van der Waals surface area contributed by atoms with Crippen molar-refractivity contribution in [1.29, 1.82) is 0 Å². The van der Waals surface area contributed by atoms with Crippen LogP contribution in [-0.4, -0.2) is 16.7 Å². The zero-order valence-electron chi connectivity index (χ0n) is 16.8. The molecule has 0 aromatic heterocycles. The summed E-state index contributed by atoms with van der Waals surface area (Å²) in [6.07, 6.45) is 1.44. The zero-order chi connectivity index (χ0) is 23.3. The normalized spacial score (nSPS) is 11.0. The highest BCUT2D eigenvalue weighted by atomic mass is 79.9. The molecule has 0 aliphatic heterocycles. The minimum Gasteiger partial charge on any atom is -0.320 e. The largest absolute Gasteiger partial charge is 0.320 e. The quantitative estimate of drug-likeness (QED) is 0.249. The molecular formula is C23H17BrClN3O4. The molecule has 32 heavy (non-hydrogen) atoms. The number of carbonyl (C=O) groups is 2. The van der Waals surface area contributed by atoms with Crippen LogP contribution in [0.1, 0.15) is 21.5 Å². The molecule has 0 unspecified atom stereocenters. The summed E-state index contributed by atoms with van der Waals surface area (Å²) in [6.45, 7) is 1.81. The van der Waals surface area contributed by atoms with Gasteiger partial charge in [-0.15, -0.1) is 0 Å². The number of aryl methyl sites for hydroxylation is 1. The first-order valence-corrected chi connectivity index (χ1v) is 10.5. The Balaban J connectivity index is 1.95. The Morgan fingerprint density at radius 2 is 1.75 bits per heavy atom. The number of nitro benzene ring substituents is 1. The van der Waals surface area contributed by atoms with E-state index in [0.717, 1.165) is 5.56 Å². The van der Waals surface area contributed by atoms with E-state index in [2.05, 4.69) is 26.6 Å². The third-order valence-electron chi connectivity index (χ3n) is 4.47. The van der Waals surface area contributed by atoms with Gasteiger partial charge in [0.1, 0.15) is 5.70 Å². The van der Waals surface area contributed by atoms with Crippen molar-refractivity contribution in [3.05, 3.63) is 109 Å². The number of nitrogens with one attached hydrogen (secondary N) is 2. The summed E-state index contributed by atoms with van der Waals surface area (Å²) in [4.78, 5) is 36.2. The van der Waals surface area contributed by atoms with Gasteiger partial charge in [-0.2, -0.15) is 0 Å². The Hall–Kier alpha value is -3.49. The highest BCUT2D eigenvalue weighted by molar-refractivity contribution is 9.10. The van der Waals surface area contributed by atoms with Gasteiger partial charge in [0, 0.05) is 27.3 Å². The topological polar surface area (TPSA) is 101 Å². The molecular weight excluding hydrogens is 498 g/mol. The van der Waals surface area contributed by atoms with Crippen LogP contribution in [0.15, 0.2) is 76.9 Å². The van der Waals surface area contributed by atoms with Gasteiger partial charge in [-0.25, -0.2) is 0 Å². The van der Waals surface area contributed by atoms with Crippen molar-refractivity contribution in [2.24, 2.45) is 0 Å². The Kier molecular flexibility index (Phi) is 7.40. The van der Waals surface area contributed by atoms with Crippen molar-refractivity contribution in [3.63, 3.8) is 0 Å². The molecule has 0 heterocycles. The Labute approximate surface area is 197 Å². The maximum atomic E-state index is 13.1. The van der Waals surface area contributed by atoms with E-state index in [1.165, 1.54) is 30.3 Å². The second kappa shape index (κ2) is 10.2. The van der Waals surface area contributed by atoms with E-state index in [9.17, 15) is 19.7 Å². The Morgan fingerprint density at radius 1 is 1.06 bits per heavy atom. The SMILES string of the molecule is Cc1ccc(Cl)cc1NC(=O)C(=Cc1ccc([N+](=O)[O-])cc1)NC(=O)c1ccccc1Br. The molecule has 0 atom stereocenters. The fourth-order valence-electron chi connectivity index (χ4n) is 2.77. The van der Waals surface area contributed by atoms with Crippen molar-refractivity contribution < 1.29 is 14.5 Å². The van der Waals surface area contributed by atoms with E-state index >= 15 is 0 Å². The average molecular weight is 515 g/mol. The van der Waals surface area contributed by atoms with Crippen molar-refractivity contribution in [3.8, 4) is 0 Å². The number of halogens is 2. The van der Waals surface area contributed by atoms with Crippen molar-refractivity contribution in [2.75, 3.05) is 5.32 Å². The Morgan fingerprint density at radius 3 is 2.41 bits per heavy atom. The summed E-state index contributed by atoms with van der Waals surface area (Å²) in [5.41, 5.74) is 1.99. The lowest BCUT2D eigenvalue weighted by Crippen LogP contribution is -2.31.